The van der Waals surface area contributed by atoms with Crippen molar-refractivity contribution in [1.29, 1.82) is 0 Å². The van der Waals surface area contributed by atoms with Crippen molar-refractivity contribution in [1.82, 2.24) is 19.7 Å². The average Bonchev–Trinajstić information content (AvgIpc) is 3.06. The van der Waals surface area contributed by atoms with Gasteiger partial charge in [0.2, 0.25) is 5.88 Å². The molecule has 28 heavy (non-hydrogen) atoms. The van der Waals surface area contributed by atoms with Gasteiger partial charge in [0.25, 0.3) is 5.95 Å². The first-order valence-corrected chi connectivity index (χ1v) is 10.8. The van der Waals surface area contributed by atoms with Crippen molar-refractivity contribution < 1.29 is 23.0 Å². The van der Waals surface area contributed by atoms with Crippen molar-refractivity contribution in [3.63, 3.8) is 0 Å². The van der Waals surface area contributed by atoms with E-state index in [0.717, 1.165) is 0 Å². The Bertz CT molecular complexity index is 1020. The number of ether oxygens (including phenoxy) is 2. The predicted molar refractivity (Wildman–Crippen MR) is 101 cm³/mol. The maximum Gasteiger partial charge on any atom is 0.253 e. The van der Waals surface area contributed by atoms with Gasteiger partial charge >= 0.3 is 0 Å². The zero-order valence-corrected chi connectivity index (χ0v) is 17.0. The van der Waals surface area contributed by atoms with Gasteiger partial charge in [-0.3, -0.25) is 0 Å². The molecule has 10 nitrogen and oxygen atoms in total. The molecule has 1 fully saturated rings. The van der Waals surface area contributed by atoms with Gasteiger partial charge in [-0.1, -0.05) is 0 Å². The van der Waals surface area contributed by atoms with E-state index >= 15 is 0 Å². The molecule has 0 aromatic carbocycles. The zero-order chi connectivity index (χ0) is 20.3. The molecule has 2 aliphatic rings. The van der Waals surface area contributed by atoms with Crippen LogP contribution < -0.4 is 9.64 Å². The third-order valence-electron chi connectivity index (χ3n) is 5.32. The fraction of sp³-hybridized carbons (Fsp3) is 0.588. The molecule has 4 rings (SSSR count). The van der Waals surface area contributed by atoms with Crippen LogP contribution in [-0.2, 0) is 19.3 Å². The zero-order valence-electron chi connectivity index (χ0n) is 16.2. The predicted octanol–water partition coefficient (Wildman–Crippen LogP) is 0.634. The number of morpholine rings is 1. The molecule has 2 aromatic rings. The lowest BCUT2D eigenvalue weighted by Gasteiger charge is -2.45. The summed E-state index contributed by atoms with van der Waals surface area (Å²) in [6.45, 7) is 6.58. The van der Waals surface area contributed by atoms with Crippen LogP contribution in [0.1, 0.15) is 26.5 Å². The van der Waals surface area contributed by atoms with Crippen molar-refractivity contribution in [2.75, 3.05) is 31.0 Å². The van der Waals surface area contributed by atoms with Crippen LogP contribution in [0.15, 0.2) is 12.3 Å². The van der Waals surface area contributed by atoms with E-state index in [1.165, 1.54) is 23.2 Å². The lowest BCUT2D eigenvalue weighted by Crippen LogP contribution is -2.56. The third kappa shape index (κ3) is 2.89. The molecule has 0 radical (unpaired) electrons. The van der Waals surface area contributed by atoms with Crippen molar-refractivity contribution in [3.05, 3.63) is 18.0 Å². The van der Waals surface area contributed by atoms with Gasteiger partial charge in [0.05, 0.1) is 25.3 Å². The van der Waals surface area contributed by atoms with Crippen LogP contribution in [-0.4, -0.2) is 71.4 Å². The molecule has 0 unspecified atom stereocenters. The van der Waals surface area contributed by atoms with Crippen LogP contribution in [0, 0.1) is 0 Å². The summed E-state index contributed by atoms with van der Waals surface area (Å²) in [5.74, 6) is 0.854. The first kappa shape index (κ1) is 18.9. The van der Waals surface area contributed by atoms with E-state index in [9.17, 15) is 13.5 Å². The summed E-state index contributed by atoms with van der Waals surface area (Å²) in [7, 11) is -3.52. The molecule has 2 aliphatic heterocycles. The molecule has 1 N–H and O–H groups in total. The van der Waals surface area contributed by atoms with Gasteiger partial charge in [0, 0.05) is 18.5 Å². The maximum atomic E-state index is 12.5. The minimum atomic E-state index is -3.52. The molecule has 1 saturated heterocycles. The number of anilines is 1. The molecule has 4 heterocycles. The Morgan fingerprint density at radius 1 is 1.25 bits per heavy atom. The van der Waals surface area contributed by atoms with Gasteiger partial charge < -0.3 is 19.5 Å². The van der Waals surface area contributed by atoms with Crippen LogP contribution in [0.4, 0.5) is 5.82 Å². The molecule has 0 spiro atoms. The second-order valence-electron chi connectivity index (χ2n) is 7.68. The minimum absolute atomic E-state index is 0.0285. The van der Waals surface area contributed by atoms with E-state index < -0.39 is 14.6 Å². The SMILES string of the molecule is C[C@@H]1COC[C@H]2COc3c(nc(-n4ccc(O)n4)nc3C(C)(C)S(C)(=O)=O)N21. The van der Waals surface area contributed by atoms with Crippen LogP contribution in [0.3, 0.4) is 0 Å². The Morgan fingerprint density at radius 3 is 2.64 bits per heavy atom. The summed E-state index contributed by atoms with van der Waals surface area (Å²) in [6.07, 6.45) is 2.68. The van der Waals surface area contributed by atoms with E-state index in [4.69, 9.17) is 9.47 Å². The van der Waals surface area contributed by atoms with E-state index in [2.05, 4.69) is 20.0 Å². The fourth-order valence-corrected chi connectivity index (χ4v) is 3.92. The Balaban J connectivity index is 1.97. The lowest BCUT2D eigenvalue weighted by molar-refractivity contribution is 0.0482. The molecule has 0 aliphatic carbocycles. The number of fused-ring (bicyclic) bond motifs is 3. The number of rotatable bonds is 3. The first-order valence-electron chi connectivity index (χ1n) is 8.95. The third-order valence-corrected chi connectivity index (χ3v) is 7.36. The van der Waals surface area contributed by atoms with Gasteiger partial charge in [-0.2, -0.15) is 4.98 Å². The van der Waals surface area contributed by atoms with E-state index in [-0.39, 0.29) is 29.6 Å². The molecule has 2 atom stereocenters. The maximum absolute atomic E-state index is 12.5. The topological polar surface area (TPSA) is 120 Å². The van der Waals surface area contributed by atoms with Crippen LogP contribution in [0.2, 0.25) is 0 Å². The lowest BCUT2D eigenvalue weighted by atomic mass is 10.0. The number of aromatic hydroxyl groups is 1. The van der Waals surface area contributed by atoms with Crippen LogP contribution in [0.5, 0.6) is 11.6 Å². The smallest absolute Gasteiger partial charge is 0.253 e. The van der Waals surface area contributed by atoms with Gasteiger partial charge in [-0.15, -0.1) is 5.10 Å². The molecule has 0 bridgehead atoms. The highest BCUT2D eigenvalue weighted by Gasteiger charge is 2.44. The Labute approximate surface area is 163 Å². The molecule has 152 valence electrons. The summed E-state index contributed by atoms with van der Waals surface area (Å²) < 4.78 is 36.6. The largest absolute Gasteiger partial charge is 0.492 e. The van der Waals surface area contributed by atoms with Gasteiger partial charge in [0.15, 0.2) is 21.4 Å². The van der Waals surface area contributed by atoms with Crippen molar-refractivity contribution in [2.45, 2.75) is 37.6 Å². The number of aromatic nitrogens is 4. The van der Waals surface area contributed by atoms with Gasteiger partial charge in [-0.25, -0.2) is 18.1 Å². The highest BCUT2D eigenvalue weighted by atomic mass is 32.2. The summed E-state index contributed by atoms with van der Waals surface area (Å²) in [5, 5.41) is 13.6. The summed E-state index contributed by atoms with van der Waals surface area (Å²) in [6, 6.07) is 1.41. The molecular weight excluding hydrogens is 386 g/mol. The van der Waals surface area contributed by atoms with E-state index in [1.54, 1.807) is 13.8 Å². The number of hydrogen-bond acceptors (Lipinski definition) is 9. The molecule has 0 amide bonds. The number of sulfone groups is 1. The quantitative estimate of drug-likeness (QED) is 0.778. The second kappa shape index (κ2) is 6.31. The normalized spacial score (nSPS) is 22.4. The van der Waals surface area contributed by atoms with Gasteiger partial charge in [-0.05, 0) is 20.8 Å². The standard InChI is InChI=1S/C17H23N5O5S/c1-10-7-26-8-11-9-27-13-14(17(2,3)28(4,24)25)18-16(19-15(13)22(10)11)21-6-5-12(23)20-21/h5-6,10-11H,7-9H2,1-4H3,(H,20,23)/t10-,11+/m1/s1. The summed E-state index contributed by atoms with van der Waals surface area (Å²) in [5.41, 5.74) is 0.266. The number of nitrogens with zero attached hydrogens (tertiary/aromatic N) is 5. The molecule has 11 heteroatoms. The average molecular weight is 409 g/mol. The van der Waals surface area contributed by atoms with E-state index in [1.807, 2.05) is 6.92 Å². The minimum Gasteiger partial charge on any atom is -0.492 e. The van der Waals surface area contributed by atoms with Gasteiger partial charge in [0.1, 0.15) is 17.0 Å². The first-order chi connectivity index (χ1) is 13.1. The Hall–Kier alpha value is -2.40. The monoisotopic (exact) mass is 409 g/mol. The summed E-state index contributed by atoms with van der Waals surface area (Å²) >= 11 is 0. The van der Waals surface area contributed by atoms with Crippen molar-refractivity contribution in [3.8, 4) is 17.6 Å². The van der Waals surface area contributed by atoms with Crippen LogP contribution >= 0.6 is 0 Å². The Kier molecular flexibility index (Phi) is 4.27. The molecule has 2 aromatic heterocycles. The second-order valence-corrected chi connectivity index (χ2v) is 10.2. The Morgan fingerprint density at radius 2 is 2.00 bits per heavy atom. The van der Waals surface area contributed by atoms with Crippen LogP contribution in [0.25, 0.3) is 5.95 Å². The summed E-state index contributed by atoms with van der Waals surface area (Å²) in [4.78, 5) is 11.2. The van der Waals surface area contributed by atoms with E-state index in [0.29, 0.717) is 31.4 Å². The highest BCUT2D eigenvalue weighted by molar-refractivity contribution is 7.91. The number of hydrogen-bond donors (Lipinski definition) is 1. The van der Waals surface area contributed by atoms with Crippen molar-refractivity contribution >= 4 is 15.7 Å². The highest BCUT2D eigenvalue weighted by Crippen LogP contribution is 2.43. The fourth-order valence-electron chi connectivity index (χ4n) is 3.43. The van der Waals surface area contributed by atoms with Crippen molar-refractivity contribution in [2.24, 2.45) is 0 Å². The molecule has 0 saturated carbocycles. The molecular formula is C17H23N5O5S.